The number of hydrogen-bond acceptors (Lipinski definition) is 4. The van der Waals surface area contributed by atoms with E-state index < -0.39 is 0 Å². The summed E-state index contributed by atoms with van der Waals surface area (Å²) in [4.78, 5) is 26.3. The highest BCUT2D eigenvalue weighted by molar-refractivity contribution is 7.14. The topological polar surface area (TPSA) is 71.3 Å². The molecule has 0 aliphatic carbocycles. The van der Waals surface area contributed by atoms with Gasteiger partial charge in [0, 0.05) is 17.1 Å². The van der Waals surface area contributed by atoms with Gasteiger partial charge in [-0.25, -0.2) is 0 Å². The van der Waals surface area contributed by atoms with E-state index in [1.54, 1.807) is 18.2 Å². The maximum absolute atomic E-state index is 12.3. The lowest BCUT2D eigenvalue weighted by Gasteiger charge is -2.07. The fourth-order valence-electron chi connectivity index (χ4n) is 2.61. The maximum Gasteiger partial charge on any atom is 0.291 e. The van der Waals surface area contributed by atoms with E-state index in [9.17, 15) is 9.59 Å². The van der Waals surface area contributed by atoms with Crippen molar-refractivity contribution in [2.75, 3.05) is 5.32 Å². The highest BCUT2D eigenvalue weighted by Crippen LogP contribution is 2.22. The molecule has 6 heteroatoms. The molecule has 5 nitrogen and oxygen atoms in total. The van der Waals surface area contributed by atoms with Gasteiger partial charge in [0.15, 0.2) is 5.76 Å². The van der Waals surface area contributed by atoms with E-state index in [-0.39, 0.29) is 17.6 Å². The van der Waals surface area contributed by atoms with E-state index in [4.69, 9.17) is 4.42 Å². The summed E-state index contributed by atoms with van der Waals surface area (Å²) in [5.74, 6) is -0.135. The van der Waals surface area contributed by atoms with Crippen LogP contribution in [0.5, 0.6) is 0 Å². The van der Waals surface area contributed by atoms with Crippen molar-refractivity contribution < 1.29 is 14.0 Å². The first-order valence-electron chi connectivity index (χ1n) is 8.38. The van der Waals surface area contributed by atoms with Crippen molar-refractivity contribution in [1.29, 1.82) is 0 Å². The summed E-state index contributed by atoms with van der Waals surface area (Å²) in [6.45, 7) is 4.51. The Morgan fingerprint density at radius 3 is 2.65 bits per heavy atom. The van der Waals surface area contributed by atoms with E-state index in [1.807, 2.05) is 31.2 Å². The molecule has 0 atom stereocenters. The molecule has 0 radical (unpaired) electrons. The molecule has 0 aliphatic rings. The molecular formula is C20H20N2O3S. The third kappa shape index (κ3) is 4.21. The van der Waals surface area contributed by atoms with Crippen LogP contribution in [0.3, 0.4) is 0 Å². The number of nitrogens with one attached hydrogen (secondary N) is 2. The third-order valence-corrected chi connectivity index (χ3v) is 5.10. The third-order valence-electron chi connectivity index (χ3n) is 4.01. The molecule has 26 heavy (non-hydrogen) atoms. The predicted molar refractivity (Wildman–Crippen MR) is 103 cm³/mol. The minimum absolute atomic E-state index is 0.0807. The number of thiophene rings is 1. The quantitative estimate of drug-likeness (QED) is 0.678. The second-order valence-electron chi connectivity index (χ2n) is 5.86. The SMILES string of the molecule is CCc1cc(C(=O)NCc2cccc(NC(=O)c3ccco3)c2)sc1C. The Kier molecular flexibility index (Phi) is 5.53. The smallest absolute Gasteiger partial charge is 0.291 e. The Morgan fingerprint density at radius 1 is 1.12 bits per heavy atom. The molecule has 0 bridgehead atoms. The Morgan fingerprint density at radius 2 is 1.96 bits per heavy atom. The summed E-state index contributed by atoms with van der Waals surface area (Å²) in [5, 5.41) is 5.71. The number of furan rings is 1. The average Bonchev–Trinajstić information content (AvgIpc) is 3.29. The van der Waals surface area contributed by atoms with E-state index >= 15 is 0 Å². The van der Waals surface area contributed by atoms with Gasteiger partial charge >= 0.3 is 0 Å². The number of anilines is 1. The maximum atomic E-state index is 12.3. The molecule has 2 N–H and O–H groups in total. The van der Waals surface area contributed by atoms with Crippen LogP contribution in [0.25, 0.3) is 0 Å². The van der Waals surface area contributed by atoms with Crippen molar-refractivity contribution in [3.8, 4) is 0 Å². The van der Waals surface area contributed by atoms with Gasteiger partial charge in [0.05, 0.1) is 11.1 Å². The van der Waals surface area contributed by atoms with E-state index in [2.05, 4.69) is 17.6 Å². The second kappa shape index (κ2) is 8.01. The number of carbonyl (C=O) groups is 2. The fourth-order valence-corrected chi connectivity index (χ4v) is 3.64. The molecule has 0 aliphatic heterocycles. The zero-order valence-electron chi connectivity index (χ0n) is 14.7. The van der Waals surface area contributed by atoms with Crippen molar-refractivity contribution in [3.05, 3.63) is 75.4 Å². The van der Waals surface area contributed by atoms with Gasteiger partial charge in [-0.05, 0) is 54.8 Å². The van der Waals surface area contributed by atoms with Gasteiger partial charge in [-0.1, -0.05) is 19.1 Å². The van der Waals surface area contributed by atoms with Gasteiger partial charge in [0.2, 0.25) is 0 Å². The lowest BCUT2D eigenvalue weighted by Crippen LogP contribution is -2.22. The summed E-state index contributed by atoms with van der Waals surface area (Å²) in [5.41, 5.74) is 2.76. The second-order valence-corrected chi connectivity index (χ2v) is 7.12. The molecule has 3 aromatic rings. The normalized spacial score (nSPS) is 10.5. The van der Waals surface area contributed by atoms with Crippen LogP contribution in [0, 0.1) is 6.92 Å². The Labute approximate surface area is 156 Å². The molecule has 3 rings (SSSR count). The highest BCUT2D eigenvalue weighted by atomic mass is 32.1. The molecule has 2 amide bonds. The molecule has 0 saturated heterocycles. The fraction of sp³-hybridized carbons (Fsp3) is 0.200. The molecule has 2 heterocycles. The van der Waals surface area contributed by atoms with Crippen LogP contribution in [-0.4, -0.2) is 11.8 Å². The largest absolute Gasteiger partial charge is 0.459 e. The Balaban J connectivity index is 1.61. The number of rotatable bonds is 6. The van der Waals surface area contributed by atoms with Crippen LogP contribution in [-0.2, 0) is 13.0 Å². The van der Waals surface area contributed by atoms with Crippen molar-refractivity contribution in [2.45, 2.75) is 26.8 Å². The van der Waals surface area contributed by atoms with Gasteiger partial charge in [-0.2, -0.15) is 0 Å². The number of hydrogen-bond donors (Lipinski definition) is 2. The molecule has 1 aromatic carbocycles. The molecule has 0 spiro atoms. The first-order valence-corrected chi connectivity index (χ1v) is 9.19. The van der Waals surface area contributed by atoms with Gasteiger partial charge in [0.25, 0.3) is 11.8 Å². The molecule has 134 valence electrons. The standard InChI is InChI=1S/C20H20N2O3S/c1-3-15-11-18(26-13(15)2)20(24)21-12-14-6-4-7-16(10-14)22-19(23)17-8-5-9-25-17/h4-11H,3,12H2,1-2H3,(H,21,24)(H,22,23). The number of carbonyl (C=O) groups excluding carboxylic acids is 2. The van der Waals surface area contributed by atoms with Crippen molar-refractivity contribution in [2.24, 2.45) is 0 Å². The van der Waals surface area contributed by atoms with Crippen LogP contribution in [0.2, 0.25) is 0 Å². The predicted octanol–water partition coefficient (Wildman–Crippen LogP) is 4.39. The highest BCUT2D eigenvalue weighted by Gasteiger charge is 2.12. The lowest BCUT2D eigenvalue weighted by molar-refractivity contribution is 0.0953. The Hall–Kier alpha value is -2.86. The van der Waals surface area contributed by atoms with Gasteiger partial charge in [-0.15, -0.1) is 11.3 Å². The number of aryl methyl sites for hydroxylation is 2. The first-order chi connectivity index (χ1) is 12.6. The first kappa shape index (κ1) is 17.9. The van der Waals surface area contributed by atoms with Gasteiger partial charge in [0.1, 0.15) is 0 Å². The molecule has 0 unspecified atom stereocenters. The van der Waals surface area contributed by atoms with Crippen LogP contribution in [0.1, 0.15) is 43.2 Å². The molecule has 0 fully saturated rings. The van der Waals surface area contributed by atoms with Gasteiger partial charge < -0.3 is 15.1 Å². The number of amides is 2. The van der Waals surface area contributed by atoms with Crippen LogP contribution < -0.4 is 10.6 Å². The molecule has 0 saturated carbocycles. The minimum atomic E-state index is -0.308. The van der Waals surface area contributed by atoms with E-state index in [0.29, 0.717) is 12.2 Å². The van der Waals surface area contributed by atoms with E-state index in [0.717, 1.165) is 16.9 Å². The zero-order valence-corrected chi connectivity index (χ0v) is 15.5. The minimum Gasteiger partial charge on any atom is -0.459 e. The monoisotopic (exact) mass is 368 g/mol. The molecule has 2 aromatic heterocycles. The zero-order chi connectivity index (χ0) is 18.5. The number of benzene rings is 1. The molecular weight excluding hydrogens is 348 g/mol. The summed E-state index contributed by atoms with van der Waals surface area (Å²) in [7, 11) is 0. The van der Waals surface area contributed by atoms with E-state index in [1.165, 1.54) is 28.0 Å². The van der Waals surface area contributed by atoms with Crippen LogP contribution in [0.15, 0.2) is 53.1 Å². The Bertz CT molecular complexity index is 913. The van der Waals surface area contributed by atoms with Crippen molar-refractivity contribution in [3.63, 3.8) is 0 Å². The lowest BCUT2D eigenvalue weighted by atomic mass is 10.2. The van der Waals surface area contributed by atoms with Gasteiger partial charge in [-0.3, -0.25) is 9.59 Å². The van der Waals surface area contributed by atoms with Crippen LogP contribution in [0.4, 0.5) is 5.69 Å². The summed E-state index contributed by atoms with van der Waals surface area (Å²) >= 11 is 1.51. The van der Waals surface area contributed by atoms with Crippen molar-refractivity contribution in [1.82, 2.24) is 5.32 Å². The summed E-state index contributed by atoms with van der Waals surface area (Å²) < 4.78 is 5.08. The average molecular weight is 368 g/mol. The summed E-state index contributed by atoms with van der Waals surface area (Å²) in [6, 6.07) is 12.6. The summed E-state index contributed by atoms with van der Waals surface area (Å²) in [6.07, 6.45) is 2.38. The van der Waals surface area contributed by atoms with Crippen molar-refractivity contribution >= 4 is 28.8 Å². The van der Waals surface area contributed by atoms with Crippen LogP contribution >= 0.6 is 11.3 Å².